The van der Waals surface area contributed by atoms with Crippen LogP contribution >= 0.6 is 0 Å². The van der Waals surface area contributed by atoms with Crippen LogP contribution in [0.4, 0.5) is 0 Å². The summed E-state index contributed by atoms with van der Waals surface area (Å²) in [6.07, 6.45) is 1.17. The Hall–Kier alpha value is -2.17. The number of likely N-dealkylation sites (tertiary alicyclic amines) is 1. The zero-order valence-corrected chi connectivity index (χ0v) is 16.3. The first-order valence-corrected chi connectivity index (χ1v) is 9.68. The molecule has 0 aromatic heterocycles. The molecule has 27 heavy (non-hydrogen) atoms. The second-order valence-electron chi connectivity index (χ2n) is 7.23. The second kappa shape index (κ2) is 9.16. The largest absolute Gasteiger partial charge is 0.465 e. The predicted molar refractivity (Wildman–Crippen MR) is 106 cm³/mol. The fourth-order valence-corrected chi connectivity index (χ4v) is 4.05. The van der Waals surface area contributed by atoms with Gasteiger partial charge in [-0.3, -0.25) is 9.69 Å². The van der Waals surface area contributed by atoms with Crippen molar-refractivity contribution in [3.63, 3.8) is 0 Å². The summed E-state index contributed by atoms with van der Waals surface area (Å²) in [4.78, 5) is 15.4. The van der Waals surface area contributed by atoms with Crippen LogP contribution in [-0.2, 0) is 27.2 Å². The molecule has 0 bridgehead atoms. The van der Waals surface area contributed by atoms with E-state index in [2.05, 4.69) is 41.3 Å². The van der Waals surface area contributed by atoms with Crippen molar-refractivity contribution in [2.75, 3.05) is 26.8 Å². The molecule has 4 heteroatoms. The molecule has 2 unspecified atom stereocenters. The highest BCUT2D eigenvalue weighted by Crippen LogP contribution is 2.39. The Labute approximate surface area is 162 Å². The normalized spacial score (nSPS) is 23.1. The molecule has 1 aliphatic rings. The Kier molecular flexibility index (Phi) is 6.64. The van der Waals surface area contributed by atoms with Crippen LogP contribution in [0.1, 0.15) is 24.5 Å². The van der Waals surface area contributed by atoms with E-state index in [1.54, 1.807) is 7.11 Å². The highest BCUT2D eigenvalue weighted by atomic mass is 16.5. The lowest BCUT2D eigenvalue weighted by Gasteiger charge is -2.45. The Balaban J connectivity index is 1.81. The highest BCUT2D eigenvalue weighted by Gasteiger charge is 2.50. The molecule has 144 valence electrons. The average molecular weight is 367 g/mol. The number of hydrogen-bond acceptors (Lipinski definition) is 4. The number of piperidine rings is 1. The van der Waals surface area contributed by atoms with E-state index < -0.39 is 5.41 Å². The summed E-state index contributed by atoms with van der Waals surface area (Å²) in [6, 6.07) is 20.6. The molecule has 2 aromatic carbocycles. The van der Waals surface area contributed by atoms with Crippen LogP contribution < -0.4 is 0 Å². The molecule has 1 fully saturated rings. The third-order valence-corrected chi connectivity index (χ3v) is 5.49. The van der Waals surface area contributed by atoms with Gasteiger partial charge in [-0.2, -0.15) is 0 Å². The molecule has 0 aliphatic carbocycles. The summed E-state index contributed by atoms with van der Waals surface area (Å²) in [5, 5.41) is 0. The predicted octanol–water partition coefficient (Wildman–Crippen LogP) is 3.70. The number of hydrogen-bond donors (Lipinski definition) is 0. The molecule has 0 radical (unpaired) electrons. The van der Waals surface area contributed by atoms with E-state index in [1.807, 2.05) is 31.2 Å². The van der Waals surface area contributed by atoms with E-state index in [9.17, 15) is 4.79 Å². The molecule has 1 saturated heterocycles. The first kappa shape index (κ1) is 19.6. The molecule has 0 N–H and O–H groups in total. The van der Waals surface area contributed by atoms with Gasteiger partial charge in [0.1, 0.15) is 5.41 Å². The molecular weight excluding hydrogens is 338 g/mol. The summed E-state index contributed by atoms with van der Waals surface area (Å²) < 4.78 is 11.4. The third kappa shape index (κ3) is 4.57. The van der Waals surface area contributed by atoms with E-state index in [-0.39, 0.29) is 12.1 Å². The first-order valence-electron chi connectivity index (χ1n) is 9.68. The van der Waals surface area contributed by atoms with Crippen molar-refractivity contribution >= 4 is 5.97 Å². The Morgan fingerprint density at radius 1 is 1.07 bits per heavy atom. The minimum Gasteiger partial charge on any atom is -0.465 e. The maximum atomic E-state index is 13.0. The molecule has 4 nitrogen and oxygen atoms in total. The number of ether oxygens (including phenoxy) is 2. The maximum absolute atomic E-state index is 13.0. The molecule has 2 aromatic rings. The van der Waals surface area contributed by atoms with E-state index >= 15 is 0 Å². The van der Waals surface area contributed by atoms with E-state index in [1.165, 1.54) is 5.56 Å². The molecule has 0 amide bonds. The topological polar surface area (TPSA) is 38.8 Å². The molecule has 0 spiro atoms. The van der Waals surface area contributed by atoms with Gasteiger partial charge < -0.3 is 9.47 Å². The first-order chi connectivity index (χ1) is 13.2. The number of nitrogens with zero attached hydrogens (tertiary/aromatic N) is 1. The lowest BCUT2D eigenvalue weighted by molar-refractivity contribution is -0.172. The number of methoxy groups -OCH3 is 1. The summed E-state index contributed by atoms with van der Waals surface area (Å²) in [5.74, 6) is -0.139. The van der Waals surface area contributed by atoms with Gasteiger partial charge in [-0.05, 0) is 37.4 Å². The van der Waals surface area contributed by atoms with Crippen molar-refractivity contribution in [1.82, 2.24) is 4.90 Å². The Bertz CT molecular complexity index is 719. The van der Waals surface area contributed by atoms with Crippen molar-refractivity contribution in [2.24, 2.45) is 5.41 Å². The number of carbonyl (C=O) groups is 1. The van der Waals surface area contributed by atoms with Crippen molar-refractivity contribution < 1.29 is 14.3 Å². The Morgan fingerprint density at radius 2 is 1.70 bits per heavy atom. The number of benzene rings is 2. The molecule has 2 atom stereocenters. The average Bonchev–Trinajstić information content (AvgIpc) is 2.71. The van der Waals surface area contributed by atoms with Gasteiger partial charge in [0.15, 0.2) is 0 Å². The number of esters is 1. The minimum atomic E-state index is -0.640. The molecular formula is C23H29NO3. The van der Waals surface area contributed by atoms with Gasteiger partial charge in [0.2, 0.25) is 0 Å². The van der Waals surface area contributed by atoms with Crippen LogP contribution in [0, 0.1) is 5.41 Å². The Morgan fingerprint density at radius 3 is 2.30 bits per heavy atom. The van der Waals surface area contributed by atoms with Crippen LogP contribution in [0.2, 0.25) is 0 Å². The van der Waals surface area contributed by atoms with E-state index in [4.69, 9.17) is 9.47 Å². The van der Waals surface area contributed by atoms with Crippen molar-refractivity contribution in [3.05, 3.63) is 71.8 Å². The van der Waals surface area contributed by atoms with Crippen LogP contribution in [0.5, 0.6) is 0 Å². The summed E-state index contributed by atoms with van der Waals surface area (Å²) in [7, 11) is 1.70. The standard InChI is InChI=1S/C23H29NO3/c1-3-27-22(25)23(16-19-10-6-4-7-11-19)14-15-24(18-21(23)26-2)17-20-12-8-5-9-13-20/h4-13,21H,3,14-18H2,1-2H3. The van der Waals surface area contributed by atoms with Gasteiger partial charge in [-0.15, -0.1) is 0 Å². The van der Waals surface area contributed by atoms with Crippen LogP contribution in [-0.4, -0.2) is 43.8 Å². The quantitative estimate of drug-likeness (QED) is 0.700. The summed E-state index contributed by atoms with van der Waals surface area (Å²) >= 11 is 0. The van der Waals surface area contributed by atoms with E-state index in [0.29, 0.717) is 13.0 Å². The zero-order chi connectivity index (χ0) is 19.1. The third-order valence-electron chi connectivity index (χ3n) is 5.49. The summed E-state index contributed by atoms with van der Waals surface area (Å²) in [6.45, 7) is 4.68. The van der Waals surface area contributed by atoms with Crippen molar-refractivity contribution in [1.29, 1.82) is 0 Å². The van der Waals surface area contributed by atoms with Crippen molar-refractivity contribution in [3.8, 4) is 0 Å². The monoisotopic (exact) mass is 367 g/mol. The van der Waals surface area contributed by atoms with Crippen LogP contribution in [0.25, 0.3) is 0 Å². The maximum Gasteiger partial charge on any atom is 0.315 e. The summed E-state index contributed by atoms with van der Waals surface area (Å²) in [5.41, 5.74) is 1.78. The van der Waals surface area contributed by atoms with Gasteiger partial charge in [-0.25, -0.2) is 0 Å². The highest BCUT2D eigenvalue weighted by molar-refractivity contribution is 5.78. The van der Waals surface area contributed by atoms with E-state index in [0.717, 1.165) is 31.6 Å². The number of carbonyl (C=O) groups excluding carboxylic acids is 1. The lowest BCUT2D eigenvalue weighted by Crippen LogP contribution is -2.56. The van der Waals surface area contributed by atoms with Gasteiger partial charge in [0.05, 0.1) is 12.7 Å². The SMILES string of the molecule is CCOC(=O)C1(Cc2ccccc2)CCN(Cc2ccccc2)CC1OC. The molecule has 0 saturated carbocycles. The van der Waals surface area contributed by atoms with Crippen LogP contribution in [0.3, 0.4) is 0 Å². The van der Waals surface area contributed by atoms with Crippen molar-refractivity contribution in [2.45, 2.75) is 32.4 Å². The zero-order valence-electron chi connectivity index (χ0n) is 16.3. The van der Waals surface area contributed by atoms with Crippen LogP contribution in [0.15, 0.2) is 60.7 Å². The van der Waals surface area contributed by atoms with Gasteiger partial charge in [-0.1, -0.05) is 60.7 Å². The smallest absolute Gasteiger partial charge is 0.315 e. The fourth-order valence-electron chi connectivity index (χ4n) is 4.05. The molecule has 1 aliphatic heterocycles. The fraction of sp³-hybridized carbons (Fsp3) is 0.435. The second-order valence-corrected chi connectivity index (χ2v) is 7.23. The molecule has 3 rings (SSSR count). The van der Waals surface area contributed by atoms with Gasteiger partial charge >= 0.3 is 5.97 Å². The minimum absolute atomic E-state index is 0.139. The number of rotatable bonds is 7. The van der Waals surface area contributed by atoms with Gasteiger partial charge in [0.25, 0.3) is 0 Å². The van der Waals surface area contributed by atoms with Gasteiger partial charge in [0, 0.05) is 20.2 Å². The molecule has 1 heterocycles. The lowest BCUT2D eigenvalue weighted by atomic mass is 9.71.